The van der Waals surface area contributed by atoms with Crippen LogP contribution in [0.4, 0.5) is 4.79 Å². The third-order valence-corrected chi connectivity index (χ3v) is 21.2. The molecule has 0 spiro atoms. The van der Waals surface area contributed by atoms with Gasteiger partial charge >= 0.3 is 30.0 Å². The first kappa shape index (κ1) is 102. The van der Waals surface area contributed by atoms with Crippen LogP contribution in [-0.2, 0) is 90.6 Å². The molecular weight excluding hydrogens is 1730 g/mol. The minimum absolute atomic E-state index is 0.0115. The molecule has 4 aliphatic heterocycles. The van der Waals surface area contributed by atoms with Crippen molar-refractivity contribution in [3.63, 3.8) is 0 Å². The number of azide groups is 1. The Morgan fingerprint density at radius 3 is 1.51 bits per heavy atom. The van der Waals surface area contributed by atoms with Gasteiger partial charge < -0.3 is 132 Å². The number of carboxylic acids is 1. The minimum atomic E-state index is -2.33. The Morgan fingerprint density at radius 1 is 0.571 bits per heavy atom. The quantitative estimate of drug-likeness (QED) is 0.00755. The maximum Gasteiger partial charge on any atom is 0.407 e. The number of aliphatic hydroxyl groups is 6. The number of aliphatic hydroxyl groups excluding tert-OH is 6. The number of likely N-dealkylation sites (tertiary alicyclic amines) is 2. The lowest BCUT2D eigenvalue weighted by Crippen LogP contribution is -2.67. The van der Waals surface area contributed by atoms with Crippen molar-refractivity contribution >= 4 is 124 Å². The number of nitrogens with zero attached hydrogens (tertiary/aromatic N) is 5. The van der Waals surface area contributed by atoms with E-state index in [0.717, 1.165) is 51.3 Å². The van der Waals surface area contributed by atoms with Crippen molar-refractivity contribution in [1.82, 2.24) is 52.3 Å². The lowest BCUT2D eigenvalue weighted by Gasteiger charge is -2.46. The van der Waals surface area contributed by atoms with Crippen LogP contribution < -0.4 is 48.3 Å². The Labute approximate surface area is 736 Å². The zero-order chi connectivity index (χ0) is 93.3. The summed E-state index contributed by atoms with van der Waals surface area (Å²) < 4.78 is 46.2. The number of primary amides is 1. The molecule has 17 N–H and O–H groups in total. The lowest BCUT2D eigenvalue weighted by atomic mass is 9.95. The standard InChI is InChI=1S/C79H105Cl3N14O30/c1-9-36(2)52(67(109)89-55(39(5)99)68(110)87-53(37(3)97)64(83)106)86-65(107)48-28-20-32-96(48)72(114)56(40(6)100)90-70(112)57(91-69(111)54(38(4)98)88-66(108)47-27-19-31-95(47)71(113)46(85-42(8)101)29-30-51(102)103)41(7)122-77-58(93-94-84)61(105)60(104)49(123-77)33-120-76-59(92-78(118)121-35-79(80,81)82)63(126-75(117)45-25-17-12-18-26-45)62(125-74(116)44-23-15-11-16-24-44)50(124-76)34-119-73(115)43-21-13-10-14-22-43/h10-18,21-26,36-41,46-50,52-63,76-77,97-100,104-105H,9,19-20,27-35H2,1-8H3,(H2,83,106)(H,85,101)(H,86,107)(H,87,110)(H,88,108)(H,89,109)(H,90,112)(H,91,111)(H,92,118)(H,102,103)/t36-,37+,38+,39+,40+,41+,46-,47-,48-,49+,50+,52-,53-,54-,55-,56-,57-,58+,59+,60-,61+,62-,63+,76+,77-/m0/s1. The number of hydrogen-bond acceptors (Lipinski definition) is 30. The third kappa shape index (κ3) is 28.7. The van der Waals surface area contributed by atoms with E-state index in [9.17, 15) is 98.8 Å². The highest BCUT2D eigenvalue weighted by Crippen LogP contribution is 2.34. The monoisotopic (exact) mass is 1830 g/mol. The fraction of sp³-hybridized carbons (Fsp3) is 0.582. The molecule has 0 bridgehead atoms. The molecule has 0 radical (unpaired) electrons. The number of nitrogens with two attached hydrogens (primary N) is 1. The van der Waals surface area contributed by atoms with Crippen molar-refractivity contribution in [3.05, 3.63) is 118 Å². The van der Waals surface area contributed by atoms with Gasteiger partial charge in [0.2, 0.25) is 62.9 Å². The number of alkyl halides is 3. The molecule has 0 unspecified atom stereocenters. The molecule has 11 amide bonds. The Hall–Kier alpha value is -10.7. The molecule has 7 rings (SSSR count). The molecule has 4 saturated heterocycles. The summed E-state index contributed by atoms with van der Waals surface area (Å²) in [4.78, 5) is 213. The summed E-state index contributed by atoms with van der Waals surface area (Å²) in [6.07, 6.45) is -28.0. The lowest BCUT2D eigenvalue weighted by molar-refractivity contribution is -0.305. The van der Waals surface area contributed by atoms with Gasteiger partial charge in [0.05, 0.1) is 59.9 Å². The molecule has 25 atom stereocenters. The van der Waals surface area contributed by atoms with Crippen molar-refractivity contribution in [2.75, 3.05) is 32.9 Å². The molecule has 0 aromatic heterocycles. The van der Waals surface area contributed by atoms with E-state index in [-0.39, 0.29) is 61.9 Å². The number of halogens is 3. The first-order chi connectivity index (χ1) is 59.5. The number of hydrogen-bond donors (Lipinski definition) is 16. The van der Waals surface area contributed by atoms with E-state index in [1.807, 2.05) is 0 Å². The molecule has 0 saturated carbocycles. The largest absolute Gasteiger partial charge is 0.481 e. The van der Waals surface area contributed by atoms with Gasteiger partial charge in [0.15, 0.2) is 24.8 Å². The van der Waals surface area contributed by atoms with Crippen molar-refractivity contribution < 1.29 is 146 Å². The van der Waals surface area contributed by atoms with E-state index in [4.69, 9.17) is 78.4 Å². The smallest absolute Gasteiger partial charge is 0.407 e. The summed E-state index contributed by atoms with van der Waals surface area (Å²) in [6, 6.07) is 1.80. The van der Waals surface area contributed by atoms with E-state index in [0.29, 0.717) is 0 Å². The second-order valence-corrected chi connectivity index (χ2v) is 33.0. The Bertz CT molecular complexity index is 4350. The second-order valence-electron chi connectivity index (χ2n) is 30.5. The SMILES string of the molecule is CC[C@H](C)[C@H](NC(=O)[C@@H]1CCCN1C(=O)[C@@H](NC(=O)[C@@H](NC(=O)[C@@H](NC(=O)[C@@H]1CCCN1C(=O)[C@H](CCC(=O)O)NC(C)=O)[C@@H](C)O)[C@@H](C)O[C@H]1O[C@H](CO[C@@H]2O[C@H](COC(=O)c3ccccc3)[C@H](OC(=O)c3ccccc3)[C@H](OC(=O)c3ccccc3)[C@H]2NC(=O)OCC(Cl)(Cl)Cl)[C@H](O)[C@H](O)[C@H]1N=[N+]=[N-])[C@@H](C)O)C(=O)N[C@H](C(=O)N[C@H](C(N)=O)[C@@H](C)O)[C@@H](C)O. The maximum atomic E-state index is 15.5. The van der Waals surface area contributed by atoms with Crippen LogP contribution in [0.2, 0.25) is 0 Å². The molecule has 0 aliphatic carbocycles. The number of carboxylic acid groups (broad SMARTS) is 1. The fourth-order valence-corrected chi connectivity index (χ4v) is 14.2. The topological polar surface area (TPSA) is 649 Å². The normalized spacial score (nSPS) is 24.2. The van der Waals surface area contributed by atoms with Crippen LogP contribution in [0.1, 0.15) is 131 Å². The zero-order valence-corrected chi connectivity index (χ0v) is 71.8. The number of carbonyl (C=O) groups is 15. The fourth-order valence-electron chi connectivity index (χ4n) is 14.1. The number of alkyl carbamates (subject to hydrolysis) is 1. The summed E-state index contributed by atoms with van der Waals surface area (Å²) in [5.41, 5.74) is 15.2. The number of rotatable bonds is 41. The van der Waals surface area contributed by atoms with E-state index in [2.05, 4.69) is 52.6 Å². The van der Waals surface area contributed by atoms with Crippen LogP contribution >= 0.6 is 34.8 Å². The summed E-state index contributed by atoms with van der Waals surface area (Å²) in [6.45, 7) is 6.33. The number of ether oxygens (including phenoxy) is 8. The van der Waals surface area contributed by atoms with Gasteiger partial charge in [-0.25, -0.2) is 19.2 Å². The predicted octanol–water partition coefficient (Wildman–Crippen LogP) is -1.65. The highest BCUT2D eigenvalue weighted by atomic mass is 35.6. The molecule has 47 heteroatoms. The molecule has 4 aliphatic rings. The average Bonchev–Trinajstić information content (AvgIpc) is 0.952. The molecule has 44 nitrogen and oxygen atoms in total. The van der Waals surface area contributed by atoms with Crippen LogP contribution in [0.15, 0.2) is 96.1 Å². The number of nitrogens with one attached hydrogen (secondary N) is 8. The molecule has 126 heavy (non-hydrogen) atoms. The van der Waals surface area contributed by atoms with Crippen molar-refractivity contribution in [2.24, 2.45) is 16.8 Å². The highest BCUT2D eigenvalue weighted by Gasteiger charge is 2.55. The predicted molar refractivity (Wildman–Crippen MR) is 436 cm³/mol. The number of amides is 11. The first-order valence-corrected chi connectivity index (χ1v) is 41.3. The summed E-state index contributed by atoms with van der Waals surface area (Å²) in [7, 11) is 0. The minimum Gasteiger partial charge on any atom is -0.481 e. The summed E-state index contributed by atoms with van der Waals surface area (Å²) in [5, 5.41) is 99.7. The van der Waals surface area contributed by atoms with E-state index < -0.39 is 278 Å². The average molecular weight is 1840 g/mol. The summed E-state index contributed by atoms with van der Waals surface area (Å²) >= 11 is 17.9. The van der Waals surface area contributed by atoms with Crippen LogP contribution in [0.25, 0.3) is 10.4 Å². The van der Waals surface area contributed by atoms with Gasteiger partial charge in [0.25, 0.3) is 0 Å². The van der Waals surface area contributed by atoms with Gasteiger partial charge in [-0.2, -0.15) is 0 Å². The molecule has 3 aromatic rings. The first-order valence-electron chi connectivity index (χ1n) is 40.1. The zero-order valence-electron chi connectivity index (χ0n) is 69.5. The third-order valence-electron chi connectivity index (χ3n) is 20.9. The van der Waals surface area contributed by atoms with Gasteiger partial charge in [-0.1, -0.05) is 115 Å². The van der Waals surface area contributed by atoms with Gasteiger partial charge in [-0.05, 0) is 115 Å². The van der Waals surface area contributed by atoms with Gasteiger partial charge in [0, 0.05) is 31.3 Å². The highest BCUT2D eigenvalue weighted by molar-refractivity contribution is 6.67. The van der Waals surface area contributed by atoms with Crippen molar-refractivity contribution in [3.8, 4) is 0 Å². The molecule has 4 heterocycles. The van der Waals surface area contributed by atoms with Gasteiger partial charge in [-0.3, -0.25) is 52.7 Å². The van der Waals surface area contributed by atoms with Crippen LogP contribution in [-0.4, -0.2) is 317 Å². The van der Waals surface area contributed by atoms with Gasteiger partial charge in [-0.15, -0.1) is 0 Å². The number of carbonyl (C=O) groups excluding carboxylic acids is 14. The summed E-state index contributed by atoms with van der Waals surface area (Å²) in [5.74, 6) is -16.4. The van der Waals surface area contributed by atoms with Gasteiger partial charge in [0.1, 0.15) is 98.0 Å². The van der Waals surface area contributed by atoms with Crippen LogP contribution in [0, 0.1) is 5.92 Å². The Kier molecular flexibility index (Phi) is 38.8. The Morgan fingerprint density at radius 2 is 1.02 bits per heavy atom. The van der Waals surface area contributed by atoms with E-state index in [1.54, 1.807) is 32.0 Å². The Balaban J connectivity index is 1.26. The van der Waals surface area contributed by atoms with Crippen LogP contribution in [0.5, 0.6) is 0 Å². The number of esters is 3. The van der Waals surface area contributed by atoms with E-state index >= 15 is 14.4 Å². The molecular formula is C79H105Cl3N14O30. The number of benzene rings is 3. The molecule has 4 fully saturated rings. The van der Waals surface area contributed by atoms with E-state index in [1.165, 1.54) is 72.8 Å². The van der Waals surface area contributed by atoms with Crippen LogP contribution in [0.3, 0.4) is 0 Å². The second kappa shape index (κ2) is 47.7. The number of aliphatic carboxylic acids is 1. The molecule has 3 aromatic carbocycles. The molecule has 692 valence electrons. The maximum absolute atomic E-state index is 15.5. The van der Waals surface area contributed by atoms with Crippen molar-refractivity contribution in [2.45, 2.75) is 250 Å². The van der Waals surface area contributed by atoms with Crippen molar-refractivity contribution in [1.29, 1.82) is 0 Å².